The molecule has 0 aromatic heterocycles. The van der Waals surface area contributed by atoms with Crippen LogP contribution in [-0.4, -0.2) is 17.9 Å². The lowest BCUT2D eigenvalue weighted by Crippen LogP contribution is -2.36. The Morgan fingerprint density at radius 2 is 1.64 bits per heavy atom. The van der Waals surface area contributed by atoms with Gasteiger partial charge in [0.15, 0.2) is 0 Å². The van der Waals surface area contributed by atoms with Crippen LogP contribution in [0.1, 0.15) is 65.1 Å². The van der Waals surface area contributed by atoms with Crippen molar-refractivity contribution >= 4 is 29.3 Å². The molecule has 0 bridgehead atoms. The van der Waals surface area contributed by atoms with Gasteiger partial charge in [-0.3, -0.25) is 15.0 Å². The fraction of sp³-hybridized carbons (Fsp3) is 0.276. The van der Waals surface area contributed by atoms with E-state index in [2.05, 4.69) is 21.0 Å². The fourth-order valence-corrected chi connectivity index (χ4v) is 4.83. The Bertz CT molecular complexity index is 1450. The van der Waals surface area contributed by atoms with Crippen LogP contribution in [-0.2, 0) is 12.7 Å². The molecular weight excluding hydrogens is 554 g/mol. The molecule has 42 heavy (non-hydrogen) atoms. The summed E-state index contributed by atoms with van der Waals surface area (Å²) in [4.78, 5) is 27.0. The minimum atomic E-state index is -4.72. The highest BCUT2D eigenvalue weighted by Crippen LogP contribution is 2.34. The van der Waals surface area contributed by atoms with Gasteiger partial charge in [0.05, 0.1) is 17.8 Å². The Morgan fingerprint density at radius 1 is 0.976 bits per heavy atom. The molecule has 13 heteroatoms. The molecule has 0 unspecified atom stereocenters. The summed E-state index contributed by atoms with van der Waals surface area (Å²) in [5.41, 5.74) is 12.8. The number of carbonyl (C=O) groups excluding carboxylic acids is 2. The number of guanidine groups is 1. The predicted octanol–water partition coefficient (Wildman–Crippen LogP) is 7.12. The molecule has 9 nitrogen and oxygen atoms in total. The highest BCUT2D eigenvalue weighted by molar-refractivity contribution is 6.05. The number of carbonyl (C=O) groups is 2. The van der Waals surface area contributed by atoms with Gasteiger partial charge in [0, 0.05) is 11.3 Å². The Balaban J connectivity index is 1.60. The van der Waals surface area contributed by atoms with Crippen molar-refractivity contribution in [2.24, 2.45) is 16.1 Å². The van der Waals surface area contributed by atoms with Crippen LogP contribution in [0.25, 0.3) is 0 Å². The predicted molar refractivity (Wildman–Crippen MR) is 150 cm³/mol. The molecular formula is C29H29F4N7O2. The molecule has 0 atom stereocenters. The SMILES string of the molecule is N=NN=C(N)NC(=O)c1ccc(CN(C(=O)Nc2cc(C(F)(F)F)ccc2F)c2ccc(C3CCCCC3)cc2)cc1. The lowest BCUT2D eigenvalue weighted by molar-refractivity contribution is -0.137. The lowest BCUT2D eigenvalue weighted by atomic mass is 9.84. The van der Waals surface area contributed by atoms with Crippen LogP contribution in [0.3, 0.4) is 0 Å². The third-order valence-electron chi connectivity index (χ3n) is 7.02. The zero-order valence-corrected chi connectivity index (χ0v) is 22.4. The van der Waals surface area contributed by atoms with Crippen molar-refractivity contribution in [3.05, 3.63) is 94.8 Å². The maximum atomic E-state index is 14.5. The van der Waals surface area contributed by atoms with E-state index < -0.39 is 35.2 Å². The first kappa shape index (κ1) is 30.2. The normalized spacial score (nSPS) is 14.2. The first-order chi connectivity index (χ1) is 20.0. The fourth-order valence-electron chi connectivity index (χ4n) is 4.83. The van der Waals surface area contributed by atoms with E-state index in [1.54, 1.807) is 24.3 Å². The largest absolute Gasteiger partial charge is 0.416 e. The van der Waals surface area contributed by atoms with Gasteiger partial charge in [-0.2, -0.15) is 18.7 Å². The van der Waals surface area contributed by atoms with E-state index in [0.717, 1.165) is 31.2 Å². The summed E-state index contributed by atoms with van der Waals surface area (Å²) < 4.78 is 54.2. The lowest BCUT2D eigenvalue weighted by Gasteiger charge is -2.26. The maximum absolute atomic E-state index is 14.5. The number of anilines is 2. The van der Waals surface area contributed by atoms with Gasteiger partial charge in [0.1, 0.15) is 5.82 Å². The van der Waals surface area contributed by atoms with Gasteiger partial charge in [0.2, 0.25) is 5.96 Å². The minimum Gasteiger partial charge on any atom is -0.368 e. The standard InChI is InChI=1S/C29H29F4N7O2/c30-24-15-12-22(29(31,32)33)16-25(24)36-28(42)40(23-13-10-20(11-14-23)19-4-2-1-3-5-19)17-18-6-8-21(9-7-18)26(41)37-27(34)38-39-35/h6-16,19H,1-5,17H2,(H,36,42)(H4,34,35,37,38,41). The molecule has 1 fully saturated rings. The second-order valence-corrected chi connectivity index (χ2v) is 9.87. The summed E-state index contributed by atoms with van der Waals surface area (Å²) in [6.45, 7) is -0.0432. The first-order valence-corrected chi connectivity index (χ1v) is 13.2. The minimum absolute atomic E-state index is 0.0432. The second kappa shape index (κ2) is 13.2. The average Bonchev–Trinajstić information content (AvgIpc) is 2.97. The van der Waals surface area contributed by atoms with E-state index in [1.165, 1.54) is 23.5 Å². The van der Waals surface area contributed by atoms with Gasteiger partial charge in [-0.15, -0.1) is 0 Å². The van der Waals surface area contributed by atoms with Crippen LogP contribution in [0.2, 0.25) is 0 Å². The van der Waals surface area contributed by atoms with Crippen molar-refractivity contribution < 1.29 is 27.2 Å². The summed E-state index contributed by atoms with van der Waals surface area (Å²) in [7, 11) is 0. The van der Waals surface area contributed by atoms with Crippen LogP contribution >= 0.6 is 0 Å². The zero-order chi connectivity index (χ0) is 30.3. The third-order valence-corrected chi connectivity index (χ3v) is 7.02. The molecule has 5 N–H and O–H groups in total. The van der Waals surface area contributed by atoms with Crippen molar-refractivity contribution in [2.75, 3.05) is 10.2 Å². The van der Waals surface area contributed by atoms with Gasteiger partial charge in [-0.25, -0.2) is 9.18 Å². The van der Waals surface area contributed by atoms with E-state index in [9.17, 15) is 27.2 Å². The van der Waals surface area contributed by atoms with Crippen molar-refractivity contribution in [2.45, 2.75) is 50.7 Å². The number of halogens is 4. The Morgan fingerprint density at radius 3 is 2.26 bits per heavy atom. The molecule has 1 saturated carbocycles. The van der Waals surface area contributed by atoms with E-state index in [4.69, 9.17) is 11.3 Å². The highest BCUT2D eigenvalue weighted by Gasteiger charge is 2.31. The maximum Gasteiger partial charge on any atom is 0.416 e. The molecule has 1 aliphatic carbocycles. The van der Waals surface area contributed by atoms with Crippen molar-refractivity contribution in [3.8, 4) is 0 Å². The van der Waals surface area contributed by atoms with Gasteiger partial charge in [-0.05, 0) is 77.6 Å². The van der Waals surface area contributed by atoms with Crippen LogP contribution in [0.5, 0.6) is 0 Å². The van der Waals surface area contributed by atoms with Crippen LogP contribution in [0.4, 0.5) is 33.7 Å². The van der Waals surface area contributed by atoms with Crippen LogP contribution < -0.4 is 21.3 Å². The van der Waals surface area contributed by atoms with Crippen molar-refractivity contribution in [1.29, 1.82) is 5.53 Å². The molecule has 3 amide bonds. The van der Waals surface area contributed by atoms with Crippen LogP contribution in [0.15, 0.2) is 77.1 Å². The Hall–Kier alpha value is -4.81. The van der Waals surface area contributed by atoms with Gasteiger partial charge < -0.3 is 11.1 Å². The summed E-state index contributed by atoms with van der Waals surface area (Å²) in [6, 6.07) is 14.5. The smallest absolute Gasteiger partial charge is 0.368 e. The van der Waals surface area contributed by atoms with Crippen molar-refractivity contribution in [3.63, 3.8) is 0 Å². The highest BCUT2D eigenvalue weighted by atomic mass is 19.4. The molecule has 4 rings (SSSR count). The number of nitrogens with one attached hydrogen (secondary N) is 3. The molecule has 3 aromatic rings. The topological polar surface area (TPSA) is 136 Å². The Kier molecular flexibility index (Phi) is 9.50. The van der Waals surface area contributed by atoms with Gasteiger partial charge >= 0.3 is 12.2 Å². The molecule has 0 spiro atoms. The van der Waals surface area contributed by atoms with Gasteiger partial charge in [-0.1, -0.05) is 48.6 Å². The number of hydrogen-bond donors (Lipinski definition) is 4. The quantitative estimate of drug-likeness (QED) is 0.0775. The molecule has 0 heterocycles. The number of nitrogens with zero attached hydrogens (tertiary/aromatic N) is 3. The first-order valence-electron chi connectivity index (χ1n) is 13.2. The number of nitrogens with two attached hydrogens (primary N) is 1. The number of benzene rings is 3. The van der Waals surface area contributed by atoms with E-state index in [1.807, 2.05) is 12.1 Å². The number of rotatable bonds is 7. The van der Waals surface area contributed by atoms with E-state index >= 15 is 0 Å². The van der Waals surface area contributed by atoms with Crippen molar-refractivity contribution in [1.82, 2.24) is 5.32 Å². The number of urea groups is 1. The zero-order valence-electron chi connectivity index (χ0n) is 22.4. The summed E-state index contributed by atoms with van der Waals surface area (Å²) in [5, 5.41) is 10.5. The number of hydrogen-bond acceptors (Lipinski definition) is 4. The third kappa shape index (κ3) is 7.68. The molecule has 0 saturated heterocycles. The average molecular weight is 584 g/mol. The summed E-state index contributed by atoms with van der Waals surface area (Å²) in [5.74, 6) is -1.55. The number of alkyl halides is 3. The second-order valence-electron chi connectivity index (χ2n) is 9.87. The molecule has 3 aromatic carbocycles. The summed E-state index contributed by atoms with van der Waals surface area (Å²) >= 11 is 0. The molecule has 220 valence electrons. The van der Waals surface area contributed by atoms with Crippen LogP contribution in [0, 0.1) is 11.3 Å². The van der Waals surface area contributed by atoms with Gasteiger partial charge in [0.25, 0.3) is 5.91 Å². The molecule has 1 aliphatic rings. The monoisotopic (exact) mass is 583 g/mol. The number of amides is 3. The molecule has 0 radical (unpaired) electrons. The summed E-state index contributed by atoms with van der Waals surface area (Å²) in [6.07, 6.45) is 0.938. The van der Waals surface area contributed by atoms with E-state index in [-0.39, 0.29) is 18.1 Å². The Labute approximate surface area is 239 Å². The molecule has 0 aliphatic heterocycles. The van der Waals surface area contributed by atoms with E-state index in [0.29, 0.717) is 35.4 Å².